The lowest BCUT2D eigenvalue weighted by molar-refractivity contribution is -0.146. The van der Waals surface area contributed by atoms with E-state index in [9.17, 15) is 14.4 Å². The largest absolute Gasteiger partial charge is 0.375 e. The lowest BCUT2D eigenvalue weighted by atomic mass is 9.82. The van der Waals surface area contributed by atoms with Crippen LogP contribution in [0.5, 0.6) is 0 Å². The summed E-state index contributed by atoms with van der Waals surface area (Å²) in [7, 11) is 1.52. The van der Waals surface area contributed by atoms with Gasteiger partial charge in [0.25, 0.3) is 0 Å². The van der Waals surface area contributed by atoms with E-state index in [2.05, 4.69) is 17.4 Å². The number of methoxy groups -OCH3 is 1. The van der Waals surface area contributed by atoms with Gasteiger partial charge in [-0.1, -0.05) is 30.3 Å². The summed E-state index contributed by atoms with van der Waals surface area (Å²) in [6.07, 6.45) is 6.19. The van der Waals surface area contributed by atoms with Crippen LogP contribution in [-0.4, -0.2) is 79.5 Å². The quantitative estimate of drug-likeness (QED) is 0.526. The summed E-state index contributed by atoms with van der Waals surface area (Å²) >= 11 is 0. The zero-order valence-corrected chi connectivity index (χ0v) is 21.3. The van der Waals surface area contributed by atoms with Crippen molar-refractivity contribution in [3.05, 3.63) is 35.9 Å². The highest BCUT2D eigenvalue weighted by Gasteiger charge is 2.38. The Kier molecular flexibility index (Phi) is 10.5. The number of amides is 3. The van der Waals surface area contributed by atoms with E-state index in [0.29, 0.717) is 44.3 Å². The molecule has 1 heterocycles. The summed E-state index contributed by atoms with van der Waals surface area (Å²) in [6, 6.07) is 9.37. The molecule has 0 bridgehead atoms. The first-order valence-electron chi connectivity index (χ1n) is 13.0. The van der Waals surface area contributed by atoms with Crippen LogP contribution in [0.15, 0.2) is 30.3 Å². The van der Waals surface area contributed by atoms with Crippen LogP contribution in [0.2, 0.25) is 0 Å². The van der Waals surface area contributed by atoms with Crippen LogP contribution < -0.4 is 11.1 Å². The average Bonchev–Trinajstić information content (AvgIpc) is 2.88. The maximum Gasteiger partial charge on any atom is 0.248 e. The highest BCUT2D eigenvalue weighted by Crippen LogP contribution is 2.28. The lowest BCUT2D eigenvalue weighted by Crippen LogP contribution is -2.58. The molecule has 2 aliphatic rings. The monoisotopic (exact) mass is 486 g/mol. The molecule has 0 aromatic heterocycles. The first-order valence-corrected chi connectivity index (χ1v) is 13.0. The van der Waals surface area contributed by atoms with Crippen LogP contribution in [-0.2, 0) is 25.5 Å². The Hall–Kier alpha value is -2.45. The molecule has 1 saturated heterocycles. The summed E-state index contributed by atoms with van der Waals surface area (Å²) in [4.78, 5) is 42.1. The van der Waals surface area contributed by atoms with Crippen LogP contribution in [0.25, 0.3) is 0 Å². The van der Waals surface area contributed by atoms with Gasteiger partial charge in [0, 0.05) is 39.7 Å². The summed E-state index contributed by atoms with van der Waals surface area (Å²) in [6.45, 7) is 3.89. The number of hydrogen-bond acceptors (Lipinski definition) is 5. The number of nitrogens with zero attached hydrogens (tertiary/aromatic N) is 2. The number of carbonyl (C=O) groups excluding carboxylic acids is 3. The van der Waals surface area contributed by atoms with Crippen LogP contribution in [0.3, 0.4) is 0 Å². The summed E-state index contributed by atoms with van der Waals surface area (Å²) in [5.41, 5.74) is 6.96. The number of nitrogens with two attached hydrogens (primary N) is 1. The summed E-state index contributed by atoms with van der Waals surface area (Å²) in [5, 5.41) is 3.12. The Morgan fingerprint density at radius 1 is 1.09 bits per heavy atom. The Morgan fingerprint density at radius 2 is 1.77 bits per heavy atom. The topological polar surface area (TPSA) is 105 Å². The molecule has 1 unspecified atom stereocenters. The Bertz CT molecular complexity index is 826. The van der Waals surface area contributed by atoms with E-state index in [0.717, 1.165) is 44.2 Å². The second-order valence-corrected chi connectivity index (χ2v) is 10.0. The smallest absolute Gasteiger partial charge is 0.248 e. The third kappa shape index (κ3) is 7.77. The molecular formula is C27H42N4O4. The molecule has 3 rings (SSSR count). The van der Waals surface area contributed by atoms with Crippen molar-refractivity contribution in [3.63, 3.8) is 0 Å². The Balaban J connectivity index is 1.64. The number of ether oxygens (including phenoxy) is 1. The third-order valence-corrected chi connectivity index (χ3v) is 7.66. The molecule has 35 heavy (non-hydrogen) atoms. The number of rotatable bonds is 10. The number of likely N-dealkylation sites (tertiary alicyclic amines) is 1. The first kappa shape index (κ1) is 27.1. The Morgan fingerprint density at radius 3 is 2.40 bits per heavy atom. The van der Waals surface area contributed by atoms with Crippen molar-refractivity contribution in [2.75, 3.05) is 39.9 Å². The Labute approximate surface area is 209 Å². The van der Waals surface area contributed by atoms with Crippen LogP contribution in [0.1, 0.15) is 51.0 Å². The van der Waals surface area contributed by atoms with E-state index in [4.69, 9.17) is 10.5 Å². The molecule has 1 aromatic carbocycles. The molecule has 0 spiro atoms. The van der Waals surface area contributed by atoms with E-state index in [1.165, 1.54) is 14.0 Å². The van der Waals surface area contributed by atoms with Crippen molar-refractivity contribution in [1.29, 1.82) is 0 Å². The van der Waals surface area contributed by atoms with Gasteiger partial charge in [0.2, 0.25) is 17.7 Å². The van der Waals surface area contributed by atoms with Gasteiger partial charge in [0.15, 0.2) is 0 Å². The fourth-order valence-corrected chi connectivity index (χ4v) is 5.50. The van der Waals surface area contributed by atoms with Crippen molar-refractivity contribution in [1.82, 2.24) is 15.1 Å². The molecule has 194 valence electrons. The summed E-state index contributed by atoms with van der Waals surface area (Å²) in [5.74, 6) is 0.748. The highest BCUT2D eigenvalue weighted by molar-refractivity contribution is 5.87. The van der Waals surface area contributed by atoms with Gasteiger partial charge in [-0.05, 0) is 68.9 Å². The molecule has 2 fully saturated rings. The predicted octanol–water partition coefficient (Wildman–Crippen LogP) is 1.96. The van der Waals surface area contributed by atoms with Gasteiger partial charge >= 0.3 is 0 Å². The minimum atomic E-state index is -0.568. The van der Waals surface area contributed by atoms with Crippen molar-refractivity contribution >= 4 is 17.7 Å². The fourth-order valence-electron chi connectivity index (χ4n) is 5.50. The second kappa shape index (κ2) is 13.6. The SMILES string of the molecule is COCC(=O)N(CCc1ccccc1)C1CCN(C(C)=O)[C@@H](C(=O)NCC2CCC(CN)CC2)C1. The number of benzene rings is 1. The van der Waals surface area contributed by atoms with Gasteiger partial charge < -0.3 is 25.6 Å². The maximum absolute atomic E-state index is 13.3. The van der Waals surface area contributed by atoms with Crippen LogP contribution in [0, 0.1) is 11.8 Å². The van der Waals surface area contributed by atoms with Gasteiger partial charge in [-0.2, -0.15) is 0 Å². The van der Waals surface area contributed by atoms with Crippen molar-refractivity contribution in [3.8, 4) is 0 Å². The van der Waals surface area contributed by atoms with Crippen molar-refractivity contribution in [2.45, 2.75) is 64.0 Å². The fraction of sp³-hybridized carbons (Fsp3) is 0.667. The average molecular weight is 487 g/mol. The van der Waals surface area contributed by atoms with Gasteiger partial charge in [-0.25, -0.2) is 0 Å². The van der Waals surface area contributed by atoms with Crippen molar-refractivity contribution < 1.29 is 19.1 Å². The molecule has 3 N–H and O–H groups in total. The van der Waals surface area contributed by atoms with Crippen LogP contribution in [0.4, 0.5) is 0 Å². The zero-order valence-electron chi connectivity index (χ0n) is 21.3. The molecule has 3 amide bonds. The van der Waals surface area contributed by atoms with Gasteiger partial charge in [0.1, 0.15) is 12.6 Å². The highest BCUT2D eigenvalue weighted by atomic mass is 16.5. The van der Waals surface area contributed by atoms with E-state index < -0.39 is 6.04 Å². The summed E-state index contributed by atoms with van der Waals surface area (Å²) < 4.78 is 5.14. The van der Waals surface area contributed by atoms with E-state index >= 15 is 0 Å². The molecule has 1 aliphatic heterocycles. The molecule has 1 aromatic rings. The molecule has 0 radical (unpaired) electrons. The van der Waals surface area contributed by atoms with E-state index in [1.54, 1.807) is 4.90 Å². The standard InChI is InChI=1S/C27H42N4O4/c1-20(32)30-15-13-24(31(26(33)19-35-2)14-12-21-6-4-3-5-7-21)16-25(30)27(34)29-18-23-10-8-22(17-28)9-11-23/h3-7,22-25H,8-19,28H2,1-2H3,(H,29,34)/t22?,23?,24?,25-/m1/s1. The third-order valence-electron chi connectivity index (χ3n) is 7.66. The number of hydrogen-bond donors (Lipinski definition) is 2. The molecule has 1 saturated carbocycles. The molecular weight excluding hydrogens is 444 g/mol. The molecule has 8 heteroatoms. The van der Waals surface area contributed by atoms with Gasteiger partial charge in [0.05, 0.1) is 0 Å². The van der Waals surface area contributed by atoms with Crippen molar-refractivity contribution in [2.24, 2.45) is 17.6 Å². The number of piperidine rings is 1. The predicted molar refractivity (Wildman–Crippen MR) is 135 cm³/mol. The molecule has 2 atom stereocenters. The lowest BCUT2D eigenvalue weighted by Gasteiger charge is -2.42. The maximum atomic E-state index is 13.3. The first-order chi connectivity index (χ1) is 16.9. The van der Waals surface area contributed by atoms with Gasteiger partial charge in [-0.3, -0.25) is 14.4 Å². The number of nitrogens with one attached hydrogen (secondary N) is 1. The minimum Gasteiger partial charge on any atom is -0.375 e. The van der Waals surface area contributed by atoms with E-state index in [-0.39, 0.29) is 30.4 Å². The van der Waals surface area contributed by atoms with Gasteiger partial charge in [-0.15, -0.1) is 0 Å². The minimum absolute atomic E-state index is 0.00402. The molecule has 8 nitrogen and oxygen atoms in total. The normalized spacial score (nSPS) is 24.6. The molecule has 1 aliphatic carbocycles. The second-order valence-electron chi connectivity index (χ2n) is 10.0. The van der Waals surface area contributed by atoms with Crippen LogP contribution >= 0.6 is 0 Å². The zero-order chi connectivity index (χ0) is 25.2. The van der Waals surface area contributed by atoms with E-state index in [1.807, 2.05) is 23.1 Å². The number of carbonyl (C=O) groups is 3.